The number of nitriles is 1. The molecule has 0 saturated carbocycles. The van der Waals surface area contributed by atoms with Crippen molar-refractivity contribution in [1.82, 2.24) is 0 Å². The fourth-order valence-electron chi connectivity index (χ4n) is 0.918. The Kier molecular flexibility index (Phi) is 3.09. The summed E-state index contributed by atoms with van der Waals surface area (Å²) in [6.07, 6.45) is 0. The van der Waals surface area contributed by atoms with Crippen LogP contribution in [0.25, 0.3) is 0 Å². The number of rotatable bonds is 3. The van der Waals surface area contributed by atoms with Gasteiger partial charge >= 0.3 is 0 Å². The van der Waals surface area contributed by atoms with Crippen molar-refractivity contribution < 1.29 is 13.9 Å². The van der Waals surface area contributed by atoms with E-state index in [1.807, 2.05) is 6.07 Å². The first kappa shape index (κ1) is 9.33. The van der Waals surface area contributed by atoms with Crippen molar-refractivity contribution in [3.05, 3.63) is 23.8 Å². The van der Waals surface area contributed by atoms with Gasteiger partial charge in [0.1, 0.15) is 0 Å². The lowest BCUT2D eigenvalue weighted by molar-refractivity contribution is 0.184. The molecule has 13 heavy (non-hydrogen) atoms. The molecule has 0 amide bonds. The normalized spacial score (nSPS) is 9.00. The number of ether oxygens (including phenoxy) is 2. The van der Waals surface area contributed by atoms with Crippen LogP contribution in [0.1, 0.15) is 5.56 Å². The zero-order chi connectivity index (χ0) is 9.68. The molecule has 0 unspecified atom stereocenters. The molecule has 1 aromatic rings. The molecule has 0 aliphatic rings. The van der Waals surface area contributed by atoms with Crippen LogP contribution in [0.3, 0.4) is 0 Å². The summed E-state index contributed by atoms with van der Waals surface area (Å²) in [4.78, 5) is 0. The Labute approximate surface area is 75.3 Å². The standard InChI is InChI=1S/C9H8FNO2/c1-12-8-3-2-7(5-11)4-9(8)13-6-10/h2-4H,6H2,1H3. The van der Waals surface area contributed by atoms with Gasteiger partial charge in [-0.15, -0.1) is 0 Å². The van der Waals surface area contributed by atoms with Gasteiger partial charge in [0.2, 0.25) is 6.86 Å². The van der Waals surface area contributed by atoms with Gasteiger partial charge in [-0.05, 0) is 12.1 Å². The first-order chi connectivity index (χ1) is 6.31. The maximum atomic E-state index is 11.9. The molecule has 0 fully saturated rings. The third-order valence-electron chi connectivity index (χ3n) is 1.50. The van der Waals surface area contributed by atoms with Crippen LogP contribution in [0.15, 0.2) is 18.2 Å². The van der Waals surface area contributed by atoms with E-state index in [-0.39, 0.29) is 5.75 Å². The second-order valence-electron chi connectivity index (χ2n) is 2.23. The quantitative estimate of drug-likeness (QED) is 0.714. The zero-order valence-corrected chi connectivity index (χ0v) is 7.08. The van der Waals surface area contributed by atoms with Crippen molar-refractivity contribution in [2.45, 2.75) is 0 Å². The van der Waals surface area contributed by atoms with E-state index >= 15 is 0 Å². The van der Waals surface area contributed by atoms with Crippen LogP contribution in [-0.2, 0) is 0 Å². The van der Waals surface area contributed by atoms with Crippen molar-refractivity contribution in [2.24, 2.45) is 0 Å². The van der Waals surface area contributed by atoms with E-state index in [2.05, 4.69) is 4.74 Å². The Morgan fingerprint density at radius 3 is 2.77 bits per heavy atom. The van der Waals surface area contributed by atoms with E-state index in [0.29, 0.717) is 11.3 Å². The molecule has 0 aliphatic heterocycles. The summed E-state index contributed by atoms with van der Waals surface area (Å²) in [5.41, 5.74) is 0.407. The molecule has 68 valence electrons. The molecule has 0 aromatic heterocycles. The van der Waals surface area contributed by atoms with Crippen LogP contribution in [0.4, 0.5) is 4.39 Å². The predicted molar refractivity (Wildman–Crippen MR) is 44.3 cm³/mol. The first-order valence-electron chi connectivity index (χ1n) is 3.58. The molecule has 0 heterocycles. The largest absolute Gasteiger partial charge is 0.493 e. The monoisotopic (exact) mass is 181 g/mol. The maximum Gasteiger partial charge on any atom is 0.228 e. The molecule has 0 saturated heterocycles. The lowest BCUT2D eigenvalue weighted by Gasteiger charge is -2.07. The Hall–Kier alpha value is -1.76. The van der Waals surface area contributed by atoms with Crippen LogP contribution < -0.4 is 9.47 Å². The lowest BCUT2D eigenvalue weighted by Crippen LogP contribution is -1.94. The van der Waals surface area contributed by atoms with Crippen LogP contribution >= 0.6 is 0 Å². The van der Waals surface area contributed by atoms with E-state index < -0.39 is 6.86 Å². The summed E-state index contributed by atoms with van der Waals surface area (Å²) in [5.74, 6) is 0.653. The highest BCUT2D eigenvalue weighted by atomic mass is 19.1. The molecule has 0 N–H and O–H groups in total. The summed E-state index contributed by atoms with van der Waals surface area (Å²) in [6, 6.07) is 6.48. The van der Waals surface area contributed by atoms with Crippen LogP contribution in [0.5, 0.6) is 11.5 Å². The lowest BCUT2D eigenvalue weighted by atomic mass is 10.2. The molecule has 0 radical (unpaired) electrons. The van der Waals surface area contributed by atoms with Gasteiger partial charge in [-0.2, -0.15) is 5.26 Å². The number of methoxy groups -OCH3 is 1. The zero-order valence-electron chi connectivity index (χ0n) is 7.08. The summed E-state index contributed by atoms with van der Waals surface area (Å²) in [5, 5.41) is 8.55. The van der Waals surface area contributed by atoms with Gasteiger partial charge in [-0.1, -0.05) is 0 Å². The number of alkyl halides is 1. The maximum absolute atomic E-state index is 11.9. The van der Waals surface area contributed by atoms with Gasteiger partial charge in [-0.3, -0.25) is 0 Å². The van der Waals surface area contributed by atoms with Gasteiger partial charge in [0.25, 0.3) is 0 Å². The number of nitrogens with zero attached hydrogens (tertiary/aromatic N) is 1. The van der Waals surface area contributed by atoms with Crippen LogP contribution in [0, 0.1) is 11.3 Å². The minimum Gasteiger partial charge on any atom is -0.493 e. The number of hydrogen-bond donors (Lipinski definition) is 0. The van der Waals surface area contributed by atoms with E-state index in [0.717, 1.165) is 0 Å². The molecule has 4 heteroatoms. The number of benzene rings is 1. The van der Waals surface area contributed by atoms with E-state index in [1.54, 1.807) is 12.1 Å². The Balaban J connectivity index is 3.04. The van der Waals surface area contributed by atoms with E-state index in [9.17, 15) is 4.39 Å². The molecule has 1 aromatic carbocycles. The minimum absolute atomic E-state index is 0.240. The third-order valence-corrected chi connectivity index (χ3v) is 1.50. The van der Waals surface area contributed by atoms with Gasteiger partial charge in [0.05, 0.1) is 18.7 Å². The highest BCUT2D eigenvalue weighted by Gasteiger charge is 2.04. The van der Waals surface area contributed by atoms with Crippen molar-refractivity contribution in [3.63, 3.8) is 0 Å². The highest BCUT2D eigenvalue weighted by Crippen LogP contribution is 2.27. The fraction of sp³-hybridized carbons (Fsp3) is 0.222. The van der Waals surface area contributed by atoms with Crippen molar-refractivity contribution in [3.8, 4) is 17.6 Å². The average molecular weight is 181 g/mol. The number of hydrogen-bond acceptors (Lipinski definition) is 3. The van der Waals surface area contributed by atoms with Crippen molar-refractivity contribution in [2.75, 3.05) is 14.0 Å². The Morgan fingerprint density at radius 2 is 2.23 bits per heavy atom. The van der Waals surface area contributed by atoms with E-state index in [1.165, 1.54) is 13.2 Å². The molecule has 1 rings (SSSR count). The summed E-state index contributed by atoms with van der Waals surface area (Å²) in [7, 11) is 1.45. The molecule has 0 bridgehead atoms. The summed E-state index contributed by atoms with van der Waals surface area (Å²) >= 11 is 0. The third kappa shape index (κ3) is 2.09. The SMILES string of the molecule is COc1ccc(C#N)cc1OCF. The Morgan fingerprint density at radius 1 is 1.46 bits per heavy atom. The van der Waals surface area contributed by atoms with Crippen LogP contribution in [0.2, 0.25) is 0 Å². The van der Waals surface area contributed by atoms with Gasteiger partial charge in [-0.25, -0.2) is 4.39 Å². The predicted octanol–water partition coefficient (Wildman–Crippen LogP) is 1.87. The summed E-state index contributed by atoms with van der Waals surface area (Å²) < 4.78 is 21.4. The molecule has 0 spiro atoms. The molecule has 0 aliphatic carbocycles. The summed E-state index contributed by atoms with van der Waals surface area (Å²) in [6.45, 7) is -0.939. The highest BCUT2D eigenvalue weighted by molar-refractivity contribution is 5.46. The number of halogens is 1. The van der Waals surface area contributed by atoms with Gasteiger partial charge in [0.15, 0.2) is 11.5 Å². The topological polar surface area (TPSA) is 42.2 Å². The fourth-order valence-corrected chi connectivity index (χ4v) is 0.918. The minimum atomic E-state index is -0.939. The molecular formula is C9H8FNO2. The molecule has 0 atom stereocenters. The second kappa shape index (κ2) is 4.31. The van der Waals surface area contributed by atoms with Gasteiger partial charge < -0.3 is 9.47 Å². The molecular weight excluding hydrogens is 173 g/mol. The van der Waals surface area contributed by atoms with Gasteiger partial charge in [0, 0.05) is 6.07 Å². The van der Waals surface area contributed by atoms with Crippen molar-refractivity contribution in [1.29, 1.82) is 5.26 Å². The average Bonchev–Trinajstić information content (AvgIpc) is 2.18. The second-order valence-corrected chi connectivity index (χ2v) is 2.23. The smallest absolute Gasteiger partial charge is 0.228 e. The Bertz CT molecular complexity index is 333. The molecule has 3 nitrogen and oxygen atoms in total. The van der Waals surface area contributed by atoms with Crippen LogP contribution in [-0.4, -0.2) is 14.0 Å². The van der Waals surface area contributed by atoms with E-state index in [4.69, 9.17) is 10.00 Å². The first-order valence-corrected chi connectivity index (χ1v) is 3.58. The van der Waals surface area contributed by atoms with Crippen molar-refractivity contribution >= 4 is 0 Å².